The van der Waals surface area contributed by atoms with Gasteiger partial charge in [0.2, 0.25) is 0 Å². The van der Waals surface area contributed by atoms with Crippen LogP contribution in [0.5, 0.6) is 0 Å². The Bertz CT molecular complexity index is 973. The van der Waals surface area contributed by atoms with Gasteiger partial charge < -0.3 is 0 Å². The summed E-state index contributed by atoms with van der Waals surface area (Å²) in [5.41, 5.74) is 2.42. The Kier molecular flexibility index (Phi) is 2.44. The van der Waals surface area contributed by atoms with E-state index in [1.165, 1.54) is 0 Å². The lowest BCUT2D eigenvalue weighted by Crippen LogP contribution is -1.95. The predicted octanol–water partition coefficient (Wildman–Crippen LogP) is 4.51. The second kappa shape index (κ2) is 4.29. The zero-order valence-corrected chi connectivity index (χ0v) is 11.3. The molecule has 0 amide bonds. The molecule has 5 heteroatoms. The van der Waals surface area contributed by atoms with Gasteiger partial charge in [-0.15, -0.1) is 0 Å². The van der Waals surface area contributed by atoms with E-state index in [-0.39, 0.29) is 0 Å². The highest BCUT2D eigenvalue weighted by atomic mass is 31.1. The number of hydrogen-bond acceptors (Lipinski definition) is 3. The molecular formula is C15H10N2O2P+. The van der Waals surface area contributed by atoms with E-state index in [0.717, 1.165) is 16.6 Å². The van der Waals surface area contributed by atoms with Crippen LogP contribution in [0.3, 0.4) is 0 Å². The molecule has 0 spiro atoms. The van der Waals surface area contributed by atoms with Crippen LogP contribution in [0.1, 0.15) is 0 Å². The first kappa shape index (κ1) is 11.4. The van der Waals surface area contributed by atoms with Crippen LogP contribution >= 0.6 is 7.65 Å². The van der Waals surface area contributed by atoms with Gasteiger partial charge in [0.25, 0.3) is 5.12 Å². The number of fused-ring (bicyclic) bond motifs is 3. The van der Waals surface area contributed by atoms with Gasteiger partial charge in [-0.1, -0.05) is 30.3 Å². The maximum Gasteiger partial charge on any atom is 0.601 e. The van der Waals surface area contributed by atoms with Crippen molar-refractivity contribution >= 4 is 29.3 Å². The molecule has 1 unspecified atom stereocenters. The summed E-state index contributed by atoms with van der Waals surface area (Å²) in [4.78, 5) is 0. The van der Waals surface area contributed by atoms with Crippen molar-refractivity contribution in [2.75, 3.05) is 0 Å². The normalized spacial score (nSPS) is 12.1. The molecular weight excluding hydrogens is 271 g/mol. The van der Waals surface area contributed by atoms with Gasteiger partial charge >= 0.3 is 7.65 Å². The van der Waals surface area contributed by atoms with E-state index in [2.05, 4.69) is 5.10 Å². The van der Waals surface area contributed by atoms with Crippen molar-refractivity contribution in [2.24, 2.45) is 0 Å². The van der Waals surface area contributed by atoms with Crippen molar-refractivity contribution in [1.82, 2.24) is 9.78 Å². The number of benzene rings is 2. The molecule has 1 atom stereocenters. The maximum atomic E-state index is 12.2. The first-order valence-corrected chi connectivity index (χ1v) is 7.40. The maximum absolute atomic E-state index is 12.2. The first-order valence-electron chi connectivity index (χ1n) is 6.23. The first-order chi connectivity index (χ1) is 9.84. The lowest BCUT2D eigenvalue weighted by atomic mass is 10.2. The molecule has 0 aliphatic carbocycles. The highest BCUT2D eigenvalue weighted by Crippen LogP contribution is 2.35. The zero-order valence-electron chi connectivity index (χ0n) is 10.4. The van der Waals surface area contributed by atoms with Crippen LogP contribution in [-0.2, 0) is 4.57 Å². The number of aromatic nitrogens is 2. The van der Waals surface area contributed by atoms with Crippen LogP contribution in [0.25, 0.3) is 27.3 Å². The highest BCUT2D eigenvalue weighted by Gasteiger charge is 2.21. The second-order valence-corrected chi connectivity index (χ2v) is 5.65. The minimum Gasteiger partial charge on any atom is -0.249 e. The molecule has 0 N–H and O–H groups in total. The second-order valence-electron chi connectivity index (χ2n) is 4.47. The molecule has 4 aromatic rings. The summed E-state index contributed by atoms with van der Waals surface area (Å²) in [5, 5.41) is 5.93. The third kappa shape index (κ3) is 1.59. The predicted molar refractivity (Wildman–Crippen MR) is 78.4 cm³/mol. The summed E-state index contributed by atoms with van der Waals surface area (Å²) < 4.78 is 19.4. The molecule has 0 aliphatic heterocycles. The van der Waals surface area contributed by atoms with Gasteiger partial charge in [-0.25, -0.2) is 8.88 Å². The van der Waals surface area contributed by atoms with E-state index in [1.54, 1.807) is 6.20 Å². The molecule has 0 fully saturated rings. The van der Waals surface area contributed by atoms with Gasteiger partial charge in [-0.05, 0) is 28.8 Å². The summed E-state index contributed by atoms with van der Waals surface area (Å²) in [6.45, 7) is 0. The smallest absolute Gasteiger partial charge is 0.249 e. The number of nitrogens with zero attached hydrogens (tertiary/aromatic N) is 2. The van der Waals surface area contributed by atoms with Crippen LogP contribution in [0.4, 0.5) is 0 Å². The van der Waals surface area contributed by atoms with E-state index in [4.69, 9.17) is 4.20 Å². The highest BCUT2D eigenvalue weighted by molar-refractivity contribution is 7.37. The van der Waals surface area contributed by atoms with Gasteiger partial charge in [0.1, 0.15) is 11.7 Å². The minimum absolute atomic E-state index is 0.638. The van der Waals surface area contributed by atoms with Crippen LogP contribution in [0.2, 0.25) is 0 Å². The van der Waals surface area contributed by atoms with Gasteiger partial charge in [0.05, 0.1) is 11.1 Å². The van der Waals surface area contributed by atoms with Gasteiger partial charge in [0.15, 0.2) is 5.58 Å². The average Bonchev–Trinajstić information content (AvgIpc) is 2.94. The Morgan fingerprint density at radius 1 is 1.00 bits per heavy atom. The number of rotatable bonds is 1. The van der Waals surface area contributed by atoms with Crippen molar-refractivity contribution in [1.29, 1.82) is 0 Å². The standard InChI is InChI=1S/C15H10N2O2P/c18-20-14-10-16-17(11-6-2-1-3-7-11)15(14)12-8-4-5-9-13(12)19-20/h1-10H/q+1. The van der Waals surface area contributed by atoms with Crippen LogP contribution in [-0.4, -0.2) is 9.78 Å². The molecule has 2 aromatic heterocycles. The zero-order chi connectivity index (χ0) is 13.5. The van der Waals surface area contributed by atoms with Crippen molar-refractivity contribution in [3.05, 3.63) is 60.8 Å². The number of para-hydroxylation sites is 2. The minimum atomic E-state index is -1.90. The topological polar surface area (TPSA) is 48.0 Å². The fourth-order valence-corrected chi connectivity index (χ4v) is 3.34. The van der Waals surface area contributed by atoms with Crippen LogP contribution < -0.4 is 0 Å². The summed E-state index contributed by atoms with van der Waals surface area (Å²) >= 11 is 0. The molecule has 0 saturated carbocycles. The van der Waals surface area contributed by atoms with E-state index in [0.29, 0.717) is 10.7 Å². The van der Waals surface area contributed by atoms with Crippen molar-refractivity contribution in [3.63, 3.8) is 0 Å². The molecule has 0 saturated heterocycles. The lowest BCUT2D eigenvalue weighted by molar-refractivity contribution is 0.563. The third-order valence-electron chi connectivity index (χ3n) is 3.27. The lowest BCUT2D eigenvalue weighted by Gasteiger charge is -2.02. The van der Waals surface area contributed by atoms with Crippen molar-refractivity contribution in [3.8, 4) is 5.69 Å². The summed E-state index contributed by atoms with van der Waals surface area (Å²) in [7, 11) is -1.90. The quantitative estimate of drug-likeness (QED) is 0.515. The fourth-order valence-electron chi connectivity index (χ4n) is 2.37. The van der Waals surface area contributed by atoms with E-state index in [1.807, 2.05) is 59.3 Å². The Hall–Kier alpha value is -2.45. The molecule has 20 heavy (non-hydrogen) atoms. The molecule has 4 nitrogen and oxygen atoms in total. The molecule has 96 valence electrons. The SMILES string of the molecule is O=[p+]1oc2ccccc2c2c1cnn2-c1ccccc1. The van der Waals surface area contributed by atoms with Crippen LogP contribution in [0.15, 0.2) is 65.0 Å². The Morgan fingerprint density at radius 2 is 1.75 bits per heavy atom. The Labute approximate surface area is 115 Å². The monoisotopic (exact) mass is 281 g/mol. The van der Waals surface area contributed by atoms with Gasteiger partial charge in [0, 0.05) is 0 Å². The number of hydrogen-bond donors (Lipinski definition) is 0. The Balaban J connectivity index is 2.22. The van der Waals surface area contributed by atoms with E-state index < -0.39 is 7.65 Å². The van der Waals surface area contributed by atoms with Crippen molar-refractivity contribution < 1.29 is 8.76 Å². The summed E-state index contributed by atoms with van der Waals surface area (Å²) in [5.74, 6) is 0. The van der Waals surface area contributed by atoms with Gasteiger partial charge in [-0.3, -0.25) is 0 Å². The Morgan fingerprint density at radius 3 is 2.60 bits per heavy atom. The van der Waals surface area contributed by atoms with Crippen LogP contribution in [0, 0.1) is 0 Å². The fraction of sp³-hybridized carbons (Fsp3) is 0. The molecule has 2 aromatic carbocycles. The van der Waals surface area contributed by atoms with Gasteiger partial charge in [-0.2, -0.15) is 5.10 Å². The molecule has 0 aliphatic rings. The third-order valence-corrected chi connectivity index (χ3v) is 4.35. The molecule has 4 rings (SSSR count). The molecule has 2 heterocycles. The molecule has 0 radical (unpaired) electrons. The molecule has 0 bridgehead atoms. The van der Waals surface area contributed by atoms with E-state index in [9.17, 15) is 4.57 Å². The summed E-state index contributed by atoms with van der Waals surface area (Å²) in [6, 6.07) is 17.4. The van der Waals surface area contributed by atoms with Crippen molar-refractivity contribution in [2.45, 2.75) is 0 Å². The average molecular weight is 281 g/mol. The van der Waals surface area contributed by atoms with E-state index >= 15 is 0 Å². The summed E-state index contributed by atoms with van der Waals surface area (Å²) in [6.07, 6.45) is 1.62. The largest absolute Gasteiger partial charge is 0.601 e.